The van der Waals surface area contributed by atoms with E-state index in [-0.39, 0.29) is 22.6 Å². The van der Waals surface area contributed by atoms with Crippen LogP contribution in [0.25, 0.3) is 0 Å². The van der Waals surface area contributed by atoms with Crippen molar-refractivity contribution in [1.29, 1.82) is 0 Å². The average molecular weight is 732 g/mol. The second-order valence-electron chi connectivity index (χ2n) is 8.82. The second-order valence-corrected chi connectivity index (χ2v) is 9.63. The van der Waals surface area contributed by atoms with Crippen molar-refractivity contribution >= 4 is 69.8 Å². The molecular weight excluding hydrogens is 711 g/mol. The average Bonchev–Trinajstić information content (AvgIpc) is 3.03. The number of carbonyl (C=O) groups excluding carboxylic acids is 1. The molecule has 7 N–H and O–H groups in total. The van der Waals surface area contributed by atoms with Gasteiger partial charge in [0.25, 0.3) is 5.91 Å². The number of pyridine rings is 2. The van der Waals surface area contributed by atoms with Gasteiger partial charge in [-0.2, -0.15) is 26.3 Å². The molecule has 0 radical (unpaired) electrons. The summed E-state index contributed by atoms with van der Waals surface area (Å²) in [5.74, 6) is -5.45. The van der Waals surface area contributed by atoms with Crippen molar-refractivity contribution in [2.45, 2.75) is 12.4 Å². The van der Waals surface area contributed by atoms with Crippen molar-refractivity contribution in [2.24, 2.45) is 21.5 Å². The van der Waals surface area contributed by atoms with Crippen molar-refractivity contribution in [3.63, 3.8) is 0 Å². The van der Waals surface area contributed by atoms with Crippen LogP contribution in [0.3, 0.4) is 0 Å². The highest BCUT2D eigenvalue weighted by molar-refractivity contribution is 6.34. The lowest BCUT2D eigenvalue weighted by Crippen LogP contribution is -2.21. The lowest BCUT2D eigenvalue weighted by molar-refractivity contribution is -0.193. The molecule has 49 heavy (non-hydrogen) atoms. The highest BCUT2D eigenvalue weighted by Crippen LogP contribution is 2.30. The maximum atomic E-state index is 12.7. The smallest absolute Gasteiger partial charge is 0.475 e. The van der Waals surface area contributed by atoms with E-state index in [4.69, 9.17) is 54.5 Å². The number of alkyl halides is 6. The Hall–Kier alpha value is -5.75. The first-order valence-corrected chi connectivity index (χ1v) is 13.6. The molecule has 20 heteroatoms. The highest BCUT2D eigenvalue weighted by Gasteiger charge is 2.38. The predicted molar refractivity (Wildman–Crippen MR) is 167 cm³/mol. The van der Waals surface area contributed by atoms with Crippen molar-refractivity contribution in [2.75, 3.05) is 5.32 Å². The summed E-state index contributed by atoms with van der Waals surface area (Å²) in [6, 6.07) is 20.3. The number of carboxylic acids is 2. The van der Waals surface area contributed by atoms with Gasteiger partial charge in [0.05, 0.1) is 21.4 Å². The number of hydrogen-bond acceptors (Lipinski definition) is 7. The zero-order chi connectivity index (χ0) is 36.9. The minimum Gasteiger partial charge on any atom is -0.475 e. The van der Waals surface area contributed by atoms with Crippen LogP contribution in [-0.2, 0) is 9.59 Å². The third-order valence-corrected chi connectivity index (χ3v) is 5.84. The molecule has 0 atom stereocenters. The first-order chi connectivity index (χ1) is 22.8. The number of aliphatic imine (C=N–C) groups is 2. The standard InChI is InChI=1S/C25H19Cl2N7O.2C2HF3O2/c26-17-13-15(7-9-19(17)33-23(28)21-5-1-3-11-30-21)25(35)32-16-8-10-20(18(27)14-16)34-24(29)22-6-2-4-12-31-22;2*3-2(4,5)1(6)7/h1-14H,(H2,28,33)(H2,29,34)(H,32,35);2*(H,6,7). The van der Waals surface area contributed by atoms with Crippen LogP contribution < -0.4 is 16.8 Å². The number of aromatic nitrogens is 2. The Labute approximate surface area is 281 Å². The minimum atomic E-state index is -5.08. The van der Waals surface area contributed by atoms with Gasteiger partial charge in [-0.3, -0.25) is 14.8 Å². The minimum absolute atomic E-state index is 0.214. The number of aliphatic carboxylic acids is 2. The Kier molecular flexibility index (Phi) is 14.0. The fourth-order valence-electron chi connectivity index (χ4n) is 3.02. The number of benzene rings is 2. The quantitative estimate of drug-likeness (QED) is 0.0846. The van der Waals surface area contributed by atoms with Crippen LogP contribution >= 0.6 is 23.2 Å². The van der Waals surface area contributed by atoms with Gasteiger partial charge in [-0.05, 0) is 60.7 Å². The van der Waals surface area contributed by atoms with E-state index in [2.05, 4.69) is 25.3 Å². The van der Waals surface area contributed by atoms with Gasteiger partial charge in [-0.1, -0.05) is 35.3 Å². The first-order valence-electron chi connectivity index (χ1n) is 12.8. The normalized spacial score (nSPS) is 11.7. The van der Waals surface area contributed by atoms with Crippen LogP contribution in [0, 0.1) is 0 Å². The van der Waals surface area contributed by atoms with E-state index in [1.54, 1.807) is 73.1 Å². The maximum absolute atomic E-state index is 12.7. The van der Waals surface area contributed by atoms with Crippen LogP contribution in [0.2, 0.25) is 10.0 Å². The van der Waals surface area contributed by atoms with Crippen LogP contribution in [0.4, 0.5) is 43.4 Å². The number of anilines is 1. The molecule has 0 bridgehead atoms. The van der Waals surface area contributed by atoms with Crippen LogP contribution in [-0.4, -0.2) is 62.1 Å². The molecule has 258 valence electrons. The van der Waals surface area contributed by atoms with Crippen molar-refractivity contribution in [1.82, 2.24) is 9.97 Å². The summed E-state index contributed by atoms with van der Waals surface area (Å²) in [6.07, 6.45) is -6.92. The summed E-state index contributed by atoms with van der Waals surface area (Å²) in [6.45, 7) is 0. The van der Waals surface area contributed by atoms with Gasteiger partial charge in [0.1, 0.15) is 23.1 Å². The van der Waals surface area contributed by atoms with E-state index < -0.39 is 24.3 Å². The Morgan fingerprint density at radius 1 is 0.673 bits per heavy atom. The molecule has 0 aliphatic rings. The fraction of sp³-hybridized carbons (Fsp3) is 0.0690. The number of carboxylic acid groups (broad SMARTS) is 2. The lowest BCUT2D eigenvalue weighted by atomic mass is 10.2. The molecule has 2 aromatic heterocycles. The van der Waals surface area contributed by atoms with Crippen molar-refractivity contribution in [3.8, 4) is 0 Å². The number of nitrogens with zero attached hydrogens (tertiary/aromatic N) is 4. The van der Waals surface area contributed by atoms with E-state index in [9.17, 15) is 31.1 Å². The number of halogens is 8. The molecule has 0 saturated heterocycles. The topological polar surface area (TPSA) is 206 Å². The van der Waals surface area contributed by atoms with Gasteiger partial charge in [0, 0.05) is 23.6 Å². The van der Waals surface area contributed by atoms with Crippen LogP contribution in [0.15, 0.2) is 95.2 Å². The Morgan fingerprint density at radius 3 is 1.43 bits per heavy atom. The zero-order valence-electron chi connectivity index (χ0n) is 24.2. The molecule has 4 aromatic rings. The van der Waals surface area contributed by atoms with E-state index in [1.807, 2.05) is 6.07 Å². The van der Waals surface area contributed by atoms with E-state index in [0.29, 0.717) is 39.0 Å². The summed E-state index contributed by atoms with van der Waals surface area (Å²) in [5.41, 5.74) is 14.7. The maximum Gasteiger partial charge on any atom is 0.490 e. The van der Waals surface area contributed by atoms with Gasteiger partial charge >= 0.3 is 24.3 Å². The molecule has 12 nitrogen and oxygen atoms in total. The number of nitrogens with one attached hydrogen (secondary N) is 1. The molecule has 0 saturated carbocycles. The Balaban J connectivity index is 0.000000500. The lowest BCUT2D eigenvalue weighted by Gasteiger charge is -2.09. The fourth-order valence-corrected chi connectivity index (χ4v) is 3.47. The molecule has 0 spiro atoms. The molecule has 0 aliphatic heterocycles. The van der Waals surface area contributed by atoms with Crippen LogP contribution in [0.5, 0.6) is 0 Å². The summed E-state index contributed by atoms with van der Waals surface area (Å²) in [7, 11) is 0. The molecule has 2 aromatic carbocycles. The Bertz CT molecular complexity index is 1820. The number of carbonyl (C=O) groups is 3. The van der Waals surface area contributed by atoms with Gasteiger partial charge in [-0.25, -0.2) is 19.6 Å². The molecule has 1 amide bonds. The molecule has 0 aliphatic carbocycles. The molecule has 0 unspecified atom stereocenters. The summed E-state index contributed by atoms with van der Waals surface area (Å²) < 4.78 is 63.5. The van der Waals surface area contributed by atoms with Gasteiger partial charge in [-0.15, -0.1) is 0 Å². The SMILES string of the molecule is NC(=Nc1ccc(NC(=O)c2ccc(N=C(N)c3ccccn3)c(Cl)c2)cc1Cl)c1ccccn1.O=C(O)C(F)(F)F.O=C(O)C(F)(F)F. The molecule has 0 fully saturated rings. The van der Waals surface area contributed by atoms with Crippen LogP contribution in [0.1, 0.15) is 21.7 Å². The summed E-state index contributed by atoms with van der Waals surface area (Å²) in [5, 5.41) is 17.6. The Morgan fingerprint density at radius 2 is 1.08 bits per heavy atom. The number of amides is 1. The van der Waals surface area contributed by atoms with Crippen molar-refractivity contribution < 1.29 is 50.9 Å². The van der Waals surface area contributed by atoms with E-state index in [0.717, 1.165) is 0 Å². The zero-order valence-corrected chi connectivity index (χ0v) is 25.7. The number of amidine groups is 2. The third-order valence-electron chi connectivity index (χ3n) is 5.24. The van der Waals surface area contributed by atoms with Gasteiger partial charge in [0.15, 0.2) is 0 Å². The van der Waals surface area contributed by atoms with E-state index >= 15 is 0 Å². The first kappa shape index (κ1) is 39.4. The molecular formula is C29H21Cl2F6N7O5. The largest absolute Gasteiger partial charge is 0.490 e. The van der Waals surface area contributed by atoms with Gasteiger partial charge < -0.3 is 27.0 Å². The van der Waals surface area contributed by atoms with Crippen molar-refractivity contribution in [3.05, 3.63) is 112 Å². The molecule has 2 heterocycles. The monoisotopic (exact) mass is 731 g/mol. The number of nitrogens with two attached hydrogens (primary N) is 2. The number of rotatable bonds is 6. The molecule has 4 rings (SSSR count). The highest BCUT2D eigenvalue weighted by atomic mass is 35.5. The third kappa shape index (κ3) is 13.1. The summed E-state index contributed by atoms with van der Waals surface area (Å²) in [4.78, 5) is 47.5. The second kappa shape index (κ2) is 17.4. The van der Waals surface area contributed by atoms with Gasteiger partial charge in [0.2, 0.25) is 0 Å². The van der Waals surface area contributed by atoms with E-state index in [1.165, 1.54) is 6.07 Å². The summed E-state index contributed by atoms with van der Waals surface area (Å²) >= 11 is 12.7. The predicted octanol–water partition coefficient (Wildman–Crippen LogP) is 6.38. The number of hydrogen-bond donors (Lipinski definition) is 5.